The Morgan fingerprint density at radius 2 is 2.33 bits per heavy atom. The number of rotatable bonds is 1. The van der Waals surface area contributed by atoms with E-state index in [9.17, 15) is 4.79 Å². The molecule has 2 rings (SSSR count). The highest BCUT2D eigenvalue weighted by Gasteiger charge is 2.23. The maximum absolute atomic E-state index is 11.2. The van der Waals surface area contributed by atoms with Gasteiger partial charge in [0.15, 0.2) is 0 Å². The number of amides is 1. The quantitative estimate of drug-likeness (QED) is 0.766. The molecule has 15 heavy (non-hydrogen) atoms. The summed E-state index contributed by atoms with van der Waals surface area (Å²) in [4.78, 5) is 11.2. The van der Waals surface area contributed by atoms with E-state index in [2.05, 4.69) is 5.32 Å². The Kier molecular flexibility index (Phi) is 2.54. The van der Waals surface area contributed by atoms with Gasteiger partial charge in [-0.1, -0.05) is 11.6 Å². The molecule has 80 valence electrons. The number of nitrogens with one attached hydrogen (secondary N) is 1. The van der Waals surface area contributed by atoms with Crippen molar-refractivity contribution in [3.63, 3.8) is 0 Å². The molecule has 1 aliphatic heterocycles. The Balaban J connectivity index is 2.51. The van der Waals surface area contributed by atoms with Gasteiger partial charge in [0.25, 0.3) is 0 Å². The minimum atomic E-state index is -0.292. The molecular formula is C10H11ClN2O2. The van der Waals surface area contributed by atoms with Gasteiger partial charge in [-0.25, -0.2) is 0 Å². The number of ether oxygens (including phenoxy) is 1. The molecule has 5 heteroatoms. The topological polar surface area (TPSA) is 64.3 Å². The molecule has 0 saturated heterocycles. The third-order valence-electron chi connectivity index (χ3n) is 2.40. The van der Waals surface area contributed by atoms with Gasteiger partial charge in [-0.05, 0) is 17.7 Å². The highest BCUT2D eigenvalue weighted by Crippen LogP contribution is 2.36. The Morgan fingerprint density at radius 3 is 3.00 bits per heavy atom. The van der Waals surface area contributed by atoms with E-state index in [-0.39, 0.29) is 18.4 Å². The third-order valence-corrected chi connectivity index (χ3v) is 2.70. The van der Waals surface area contributed by atoms with Crippen LogP contribution in [-0.2, 0) is 4.79 Å². The first-order valence-corrected chi connectivity index (χ1v) is 4.92. The summed E-state index contributed by atoms with van der Waals surface area (Å²) in [6.45, 7) is 0. The average molecular weight is 227 g/mol. The number of carbonyl (C=O) groups excluding carboxylic acids is 1. The Labute approximate surface area is 92.4 Å². The van der Waals surface area contributed by atoms with Crippen LogP contribution in [0.5, 0.6) is 5.75 Å². The minimum absolute atomic E-state index is 0.0868. The molecule has 1 aromatic rings. The van der Waals surface area contributed by atoms with Gasteiger partial charge < -0.3 is 15.8 Å². The van der Waals surface area contributed by atoms with E-state index in [1.165, 1.54) is 0 Å². The smallest absolute Gasteiger partial charge is 0.226 e. The SMILES string of the molecule is COc1cc2c(cc1Cl)NC(=O)CC2N. The standard InChI is InChI=1S/C10H11ClN2O2/c1-15-9-2-5-7(12)4-10(14)13-8(5)3-6(9)11/h2-3,7H,4,12H2,1H3,(H,13,14). The van der Waals surface area contributed by atoms with Crippen molar-refractivity contribution < 1.29 is 9.53 Å². The van der Waals surface area contributed by atoms with E-state index >= 15 is 0 Å². The van der Waals surface area contributed by atoms with Gasteiger partial charge in [0.05, 0.1) is 12.1 Å². The Hall–Kier alpha value is -1.26. The van der Waals surface area contributed by atoms with Crippen molar-refractivity contribution in [2.75, 3.05) is 12.4 Å². The lowest BCUT2D eigenvalue weighted by molar-refractivity contribution is -0.116. The van der Waals surface area contributed by atoms with Crippen LogP contribution in [0.3, 0.4) is 0 Å². The fraction of sp³-hybridized carbons (Fsp3) is 0.300. The molecule has 4 nitrogen and oxygen atoms in total. The molecule has 0 saturated carbocycles. The van der Waals surface area contributed by atoms with E-state index < -0.39 is 0 Å². The fourth-order valence-electron chi connectivity index (χ4n) is 1.65. The number of nitrogens with two attached hydrogens (primary N) is 1. The van der Waals surface area contributed by atoms with Crippen LogP contribution in [-0.4, -0.2) is 13.0 Å². The molecule has 1 amide bonds. The monoisotopic (exact) mass is 226 g/mol. The zero-order valence-corrected chi connectivity index (χ0v) is 8.97. The van der Waals surface area contributed by atoms with Crippen molar-refractivity contribution in [1.29, 1.82) is 0 Å². The van der Waals surface area contributed by atoms with Gasteiger partial charge in [0, 0.05) is 18.2 Å². The number of hydrogen-bond acceptors (Lipinski definition) is 3. The fourth-order valence-corrected chi connectivity index (χ4v) is 1.89. The van der Waals surface area contributed by atoms with Gasteiger partial charge in [-0.15, -0.1) is 0 Å². The van der Waals surface area contributed by atoms with Crippen LogP contribution in [0.4, 0.5) is 5.69 Å². The van der Waals surface area contributed by atoms with Crippen LogP contribution in [0.15, 0.2) is 12.1 Å². The van der Waals surface area contributed by atoms with Crippen LogP contribution in [0.1, 0.15) is 18.0 Å². The lowest BCUT2D eigenvalue weighted by Gasteiger charge is -2.23. The molecule has 0 aliphatic carbocycles. The number of hydrogen-bond donors (Lipinski definition) is 2. The molecule has 0 radical (unpaired) electrons. The molecule has 0 aromatic heterocycles. The predicted molar refractivity (Wildman–Crippen MR) is 58.2 cm³/mol. The summed E-state index contributed by atoms with van der Waals surface area (Å²) >= 11 is 5.94. The van der Waals surface area contributed by atoms with Crippen LogP contribution >= 0.6 is 11.6 Å². The first kappa shape index (κ1) is 10.3. The van der Waals surface area contributed by atoms with Crippen LogP contribution in [0.25, 0.3) is 0 Å². The number of anilines is 1. The zero-order valence-electron chi connectivity index (χ0n) is 8.21. The molecule has 0 fully saturated rings. The third kappa shape index (κ3) is 1.78. The molecule has 0 bridgehead atoms. The summed E-state index contributed by atoms with van der Waals surface area (Å²) in [6.07, 6.45) is 0.289. The van der Waals surface area contributed by atoms with Crippen LogP contribution in [0, 0.1) is 0 Å². The summed E-state index contributed by atoms with van der Waals surface area (Å²) in [5.41, 5.74) is 7.38. The van der Waals surface area contributed by atoms with Crippen molar-refractivity contribution >= 4 is 23.2 Å². The van der Waals surface area contributed by atoms with Crippen molar-refractivity contribution in [2.24, 2.45) is 5.73 Å². The van der Waals surface area contributed by atoms with E-state index in [1.54, 1.807) is 19.2 Å². The molecule has 1 aromatic carbocycles. The molecule has 3 N–H and O–H groups in total. The molecule has 1 aliphatic rings. The number of fused-ring (bicyclic) bond motifs is 1. The van der Waals surface area contributed by atoms with Crippen molar-refractivity contribution in [2.45, 2.75) is 12.5 Å². The molecule has 1 heterocycles. The summed E-state index contributed by atoms with van der Waals surface area (Å²) < 4.78 is 5.09. The number of carbonyl (C=O) groups is 1. The Bertz CT molecular complexity index is 420. The molecule has 0 spiro atoms. The number of methoxy groups -OCH3 is 1. The zero-order chi connectivity index (χ0) is 11.0. The first-order chi connectivity index (χ1) is 7.11. The van der Waals surface area contributed by atoms with Gasteiger partial charge in [0.2, 0.25) is 5.91 Å². The van der Waals surface area contributed by atoms with Crippen molar-refractivity contribution in [3.8, 4) is 5.75 Å². The van der Waals surface area contributed by atoms with Gasteiger partial charge >= 0.3 is 0 Å². The molecule has 1 atom stereocenters. The lowest BCUT2D eigenvalue weighted by Crippen LogP contribution is -2.27. The van der Waals surface area contributed by atoms with Crippen LogP contribution in [0.2, 0.25) is 5.02 Å². The van der Waals surface area contributed by atoms with Crippen molar-refractivity contribution in [1.82, 2.24) is 0 Å². The maximum atomic E-state index is 11.2. The van der Waals surface area contributed by atoms with E-state index in [0.29, 0.717) is 16.5 Å². The summed E-state index contributed by atoms with van der Waals surface area (Å²) in [5, 5.41) is 3.19. The number of halogens is 1. The van der Waals surface area contributed by atoms with Gasteiger partial charge in [-0.3, -0.25) is 4.79 Å². The Morgan fingerprint density at radius 1 is 1.60 bits per heavy atom. The highest BCUT2D eigenvalue weighted by atomic mass is 35.5. The minimum Gasteiger partial charge on any atom is -0.495 e. The first-order valence-electron chi connectivity index (χ1n) is 4.54. The highest BCUT2D eigenvalue weighted by molar-refractivity contribution is 6.32. The average Bonchev–Trinajstić information content (AvgIpc) is 2.16. The van der Waals surface area contributed by atoms with Gasteiger partial charge in [0.1, 0.15) is 5.75 Å². The predicted octanol–water partition coefficient (Wildman–Crippen LogP) is 1.69. The van der Waals surface area contributed by atoms with E-state index in [0.717, 1.165) is 5.56 Å². The summed E-state index contributed by atoms with van der Waals surface area (Å²) in [7, 11) is 1.54. The van der Waals surface area contributed by atoms with Gasteiger partial charge in [-0.2, -0.15) is 0 Å². The largest absolute Gasteiger partial charge is 0.495 e. The van der Waals surface area contributed by atoms with Crippen LogP contribution < -0.4 is 15.8 Å². The van der Waals surface area contributed by atoms with E-state index in [1.807, 2.05) is 0 Å². The maximum Gasteiger partial charge on any atom is 0.226 e. The second-order valence-corrected chi connectivity index (χ2v) is 3.84. The summed E-state index contributed by atoms with van der Waals surface area (Å²) in [6, 6.07) is 3.13. The molecular weight excluding hydrogens is 216 g/mol. The van der Waals surface area contributed by atoms with Crippen molar-refractivity contribution in [3.05, 3.63) is 22.7 Å². The second-order valence-electron chi connectivity index (χ2n) is 3.43. The lowest BCUT2D eigenvalue weighted by atomic mass is 9.98. The summed E-state index contributed by atoms with van der Waals surface area (Å²) in [5.74, 6) is 0.484. The second kappa shape index (κ2) is 3.72. The number of benzene rings is 1. The molecule has 1 unspecified atom stereocenters. The van der Waals surface area contributed by atoms with E-state index in [4.69, 9.17) is 22.1 Å². The normalized spacial score (nSPS) is 19.4.